The summed E-state index contributed by atoms with van der Waals surface area (Å²) in [4.78, 5) is 0.864. The van der Waals surface area contributed by atoms with Crippen molar-refractivity contribution in [2.45, 2.75) is 18.7 Å². The normalized spacial score (nSPS) is 12.7. The lowest BCUT2D eigenvalue weighted by molar-refractivity contribution is 0.498. The molecule has 0 amide bonds. The van der Waals surface area contributed by atoms with Crippen molar-refractivity contribution >= 4 is 34.5 Å². The third-order valence-electron chi connectivity index (χ3n) is 2.62. The van der Waals surface area contributed by atoms with Crippen LogP contribution in [0.3, 0.4) is 0 Å². The van der Waals surface area contributed by atoms with Gasteiger partial charge < -0.3 is 0 Å². The monoisotopic (exact) mass is 306 g/mol. The van der Waals surface area contributed by atoms with Gasteiger partial charge in [0.2, 0.25) is 0 Å². The van der Waals surface area contributed by atoms with E-state index in [0.29, 0.717) is 4.34 Å². The van der Waals surface area contributed by atoms with Gasteiger partial charge in [0.25, 0.3) is 0 Å². The van der Waals surface area contributed by atoms with E-state index in [4.69, 9.17) is 23.2 Å². The number of benzene rings is 1. The Morgan fingerprint density at radius 1 is 1.33 bits per heavy atom. The fourth-order valence-electron chi connectivity index (χ4n) is 1.64. The van der Waals surface area contributed by atoms with Gasteiger partial charge in [-0.1, -0.05) is 23.7 Å². The van der Waals surface area contributed by atoms with Crippen LogP contribution >= 0.6 is 34.5 Å². The minimum absolute atomic E-state index is 0.238. The van der Waals surface area contributed by atoms with Gasteiger partial charge in [0, 0.05) is 4.88 Å². The van der Waals surface area contributed by atoms with Gasteiger partial charge >= 0.3 is 0 Å². The largest absolute Gasteiger partial charge is 0.204 e. The van der Waals surface area contributed by atoms with Crippen molar-refractivity contribution in [2.75, 3.05) is 0 Å². The molecule has 1 atom stereocenters. The zero-order chi connectivity index (χ0) is 13.3. The first-order valence-electron chi connectivity index (χ1n) is 5.32. The summed E-state index contributed by atoms with van der Waals surface area (Å²) in [5.74, 6) is -1.68. The molecule has 0 aliphatic carbocycles. The standard InChI is InChI=1S/C13H10Cl2F2S/c1-7-5-11(18-13(7)15)9(14)6-8-3-2-4-10(16)12(8)17/h2-5,9H,6H2,1H3. The molecule has 0 spiro atoms. The topological polar surface area (TPSA) is 0 Å². The molecule has 0 N–H and O–H groups in total. The second-order valence-corrected chi connectivity index (χ2v) is 6.20. The lowest BCUT2D eigenvalue weighted by atomic mass is 10.1. The number of hydrogen-bond donors (Lipinski definition) is 0. The van der Waals surface area contributed by atoms with Crippen molar-refractivity contribution in [1.82, 2.24) is 0 Å². The molecule has 5 heteroatoms. The van der Waals surface area contributed by atoms with Crippen LogP contribution in [0, 0.1) is 18.6 Å². The average molecular weight is 307 g/mol. The fraction of sp³-hybridized carbons (Fsp3) is 0.231. The molecule has 0 radical (unpaired) electrons. The van der Waals surface area contributed by atoms with Crippen molar-refractivity contribution < 1.29 is 8.78 Å². The van der Waals surface area contributed by atoms with Gasteiger partial charge in [-0.3, -0.25) is 0 Å². The summed E-state index contributed by atoms with van der Waals surface area (Å²) >= 11 is 13.5. The van der Waals surface area contributed by atoms with Crippen LogP contribution in [0.15, 0.2) is 24.3 Å². The molecule has 0 nitrogen and oxygen atoms in total. The maximum absolute atomic E-state index is 13.5. The van der Waals surface area contributed by atoms with Gasteiger partial charge in [0.05, 0.1) is 9.71 Å². The molecule has 1 aromatic heterocycles. The molecule has 0 aliphatic rings. The summed E-state index contributed by atoms with van der Waals surface area (Å²) in [5.41, 5.74) is 1.22. The lowest BCUT2D eigenvalue weighted by Gasteiger charge is -2.08. The predicted molar refractivity (Wildman–Crippen MR) is 72.7 cm³/mol. The summed E-state index contributed by atoms with van der Waals surface area (Å²) in [6.07, 6.45) is 0.238. The number of halogens is 4. The summed E-state index contributed by atoms with van der Waals surface area (Å²) in [6.45, 7) is 1.88. The second kappa shape index (κ2) is 5.55. The summed E-state index contributed by atoms with van der Waals surface area (Å²) in [5, 5.41) is -0.405. The third kappa shape index (κ3) is 2.85. The van der Waals surface area contributed by atoms with E-state index in [1.807, 2.05) is 13.0 Å². The van der Waals surface area contributed by atoms with E-state index in [-0.39, 0.29) is 12.0 Å². The van der Waals surface area contributed by atoms with Gasteiger partial charge in [-0.05, 0) is 36.6 Å². The molecule has 1 unspecified atom stereocenters. The van der Waals surface area contributed by atoms with Gasteiger partial charge in [-0.25, -0.2) is 8.78 Å². The zero-order valence-electron chi connectivity index (χ0n) is 9.51. The van der Waals surface area contributed by atoms with Gasteiger partial charge in [-0.2, -0.15) is 0 Å². The van der Waals surface area contributed by atoms with Crippen LogP contribution in [0.25, 0.3) is 0 Å². The summed E-state index contributed by atoms with van der Waals surface area (Å²) < 4.78 is 27.2. The molecule has 96 valence electrons. The predicted octanol–water partition coefficient (Wildman–Crippen LogP) is 5.51. The molecule has 0 fully saturated rings. The van der Waals surface area contributed by atoms with Crippen molar-refractivity contribution in [3.8, 4) is 0 Å². The Morgan fingerprint density at radius 3 is 2.67 bits per heavy atom. The van der Waals surface area contributed by atoms with Crippen LogP contribution in [-0.2, 0) is 6.42 Å². The van der Waals surface area contributed by atoms with Crippen LogP contribution in [0.4, 0.5) is 8.78 Å². The third-order valence-corrected chi connectivity index (χ3v) is 4.80. The van der Waals surface area contributed by atoms with Gasteiger partial charge in [0.15, 0.2) is 11.6 Å². The molecule has 0 bridgehead atoms. The quantitative estimate of drug-likeness (QED) is 0.656. The number of alkyl halides is 1. The molecule has 1 heterocycles. The highest BCUT2D eigenvalue weighted by atomic mass is 35.5. The molecule has 0 saturated heterocycles. The van der Waals surface area contributed by atoms with Crippen LogP contribution in [-0.4, -0.2) is 0 Å². The maximum atomic E-state index is 13.5. The highest BCUT2D eigenvalue weighted by Crippen LogP contribution is 2.36. The van der Waals surface area contributed by atoms with Crippen molar-refractivity contribution in [2.24, 2.45) is 0 Å². The Balaban J connectivity index is 2.21. The Bertz CT molecular complexity index is 547. The number of aryl methyl sites for hydroxylation is 1. The fourth-order valence-corrected chi connectivity index (χ4v) is 3.20. The first-order valence-corrected chi connectivity index (χ1v) is 6.95. The van der Waals surface area contributed by atoms with Crippen LogP contribution in [0.2, 0.25) is 4.34 Å². The summed E-state index contributed by atoms with van der Waals surface area (Å²) in [6, 6.07) is 5.98. The van der Waals surface area contributed by atoms with Crippen LogP contribution in [0.5, 0.6) is 0 Å². The first kappa shape index (κ1) is 13.8. The Labute approximate surface area is 118 Å². The SMILES string of the molecule is Cc1cc(C(Cl)Cc2cccc(F)c2F)sc1Cl. The van der Waals surface area contributed by atoms with Crippen LogP contribution in [0.1, 0.15) is 21.4 Å². The lowest BCUT2D eigenvalue weighted by Crippen LogP contribution is -1.98. The molecular weight excluding hydrogens is 297 g/mol. The smallest absolute Gasteiger partial charge is 0.162 e. The van der Waals surface area contributed by atoms with E-state index in [1.54, 1.807) is 0 Å². The minimum Gasteiger partial charge on any atom is -0.204 e. The van der Waals surface area contributed by atoms with Crippen molar-refractivity contribution in [3.63, 3.8) is 0 Å². The highest BCUT2D eigenvalue weighted by molar-refractivity contribution is 7.16. The second-order valence-electron chi connectivity index (χ2n) is 3.99. The molecule has 2 aromatic rings. The Hall–Kier alpha value is -0.640. The molecule has 2 rings (SSSR count). The van der Waals surface area contributed by atoms with E-state index in [0.717, 1.165) is 16.5 Å². The number of rotatable bonds is 3. The average Bonchev–Trinajstić information content (AvgIpc) is 2.66. The molecular formula is C13H10Cl2F2S. The van der Waals surface area contributed by atoms with Crippen LogP contribution < -0.4 is 0 Å². The highest BCUT2D eigenvalue weighted by Gasteiger charge is 2.16. The van der Waals surface area contributed by atoms with E-state index in [1.165, 1.54) is 23.5 Å². The minimum atomic E-state index is -0.850. The summed E-state index contributed by atoms with van der Waals surface area (Å²) in [7, 11) is 0. The number of hydrogen-bond acceptors (Lipinski definition) is 1. The number of thiophene rings is 1. The van der Waals surface area contributed by atoms with E-state index < -0.39 is 17.0 Å². The molecule has 1 aromatic carbocycles. The molecule has 0 aliphatic heterocycles. The first-order chi connectivity index (χ1) is 8.49. The Morgan fingerprint density at radius 2 is 2.06 bits per heavy atom. The molecule has 0 saturated carbocycles. The Kier molecular flexibility index (Phi) is 4.25. The van der Waals surface area contributed by atoms with Crippen molar-refractivity contribution in [1.29, 1.82) is 0 Å². The van der Waals surface area contributed by atoms with E-state index in [9.17, 15) is 8.78 Å². The van der Waals surface area contributed by atoms with Crippen molar-refractivity contribution in [3.05, 3.63) is 56.2 Å². The van der Waals surface area contributed by atoms with E-state index in [2.05, 4.69) is 0 Å². The molecule has 18 heavy (non-hydrogen) atoms. The van der Waals surface area contributed by atoms with Gasteiger partial charge in [-0.15, -0.1) is 22.9 Å². The van der Waals surface area contributed by atoms with E-state index >= 15 is 0 Å². The maximum Gasteiger partial charge on any atom is 0.162 e. The van der Waals surface area contributed by atoms with Gasteiger partial charge in [0.1, 0.15) is 0 Å². The zero-order valence-corrected chi connectivity index (χ0v) is 11.8.